The van der Waals surface area contributed by atoms with Crippen LogP contribution in [0.1, 0.15) is 19.2 Å². The predicted octanol–water partition coefficient (Wildman–Crippen LogP) is 0.833. The molecule has 0 bridgehead atoms. The average Bonchev–Trinajstić information content (AvgIpc) is 2.83. The van der Waals surface area contributed by atoms with Gasteiger partial charge in [-0.2, -0.15) is 5.10 Å². The first-order chi connectivity index (χ1) is 7.74. The highest BCUT2D eigenvalue weighted by molar-refractivity contribution is 5.54. The van der Waals surface area contributed by atoms with E-state index in [0.717, 1.165) is 30.3 Å². The molecule has 0 amide bonds. The molecule has 6 nitrogen and oxygen atoms in total. The summed E-state index contributed by atoms with van der Waals surface area (Å²) in [4.78, 5) is 0. The number of nitrogens with zero attached hydrogens (tertiary/aromatic N) is 4. The lowest BCUT2D eigenvalue weighted by Crippen LogP contribution is -2.18. The van der Waals surface area contributed by atoms with Crippen molar-refractivity contribution in [1.29, 1.82) is 0 Å². The maximum absolute atomic E-state index is 5.58. The highest BCUT2D eigenvalue weighted by atomic mass is 15.3. The van der Waals surface area contributed by atoms with Crippen molar-refractivity contribution in [3.63, 3.8) is 0 Å². The molecule has 0 radical (unpaired) electrons. The monoisotopic (exact) mass is 218 g/mol. The minimum absolute atomic E-state index is 0.483. The van der Waals surface area contributed by atoms with E-state index >= 15 is 0 Å². The standard InChI is InChI=1S/C10H14N6/c1-6-2-3-16-9(4-6)14-15-10(16)7-5-8(11)13-12-7/h5-6H,2-4H2,1H3,(H3,11,12,13). The van der Waals surface area contributed by atoms with Crippen molar-refractivity contribution < 1.29 is 0 Å². The Morgan fingerprint density at radius 2 is 2.38 bits per heavy atom. The molecule has 3 rings (SSSR count). The number of nitrogen functional groups attached to an aromatic ring is 1. The summed E-state index contributed by atoms with van der Waals surface area (Å²) in [6.45, 7) is 3.21. The third-order valence-corrected chi connectivity index (χ3v) is 3.04. The molecule has 2 aromatic heterocycles. The highest BCUT2D eigenvalue weighted by Crippen LogP contribution is 2.24. The van der Waals surface area contributed by atoms with Crippen LogP contribution in [-0.2, 0) is 13.0 Å². The molecule has 6 heteroatoms. The lowest BCUT2D eigenvalue weighted by Gasteiger charge is -2.19. The molecule has 0 aliphatic carbocycles. The summed E-state index contributed by atoms with van der Waals surface area (Å²) in [6, 6.07) is 1.79. The molecule has 2 aromatic rings. The number of aromatic amines is 1. The van der Waals surface area contributed by atoms with Crippen molar-refractivity contribution in [2.24, 2.45) is 5.92 Å². The first-order valence-electron chi connectivity index (χ1n) is 5.47. The molecule has 0 aromatic carbocycles. The molecule has 0 saturated carbocycles. The lowest BCUT2D eigenvalue weighted by atomic mass is 10.0. The van der Waals surface area contributed by atoms with E-state index in [-0.39, 0.29) is 0 Å². The quantitative estimate of drug-likeness (QED) is 0.742. The van der Waals surface area contributed by atoms with Gasteiger partial charge in [0.25, 0.3) is 0 Å². The average molecular weight is 218 g/mol. The van der Waals surface area contributed by atoms with E-state index in [4.69, 9.17) is 5.73 Å². The van der Waals surface area contributed by atoms with Gasteiger partial charge in [-0.15, -0.1) is 10.2 Å². The number of nitrogens with one attached hydrogen (secondary N) is 1. The fourth-order valence-corrected chi connectivity index (χ4v) is 2.14. The van der Waals surface area contributed by atoms with Crippen LogP contribution in [0, 0.1) is 5.92 Å². The summed E-state index contributed by atoms with van der Waals surface area (Å²) in [5.41, 5.74) is 6.42. The molecule has 0 saturated heterocycles. The lowest BCUT2D eigenvalue weighted by molar-refractivity contribution is 0.411. The van der Waals surface area contributed by atoms with Gasteiger partial charge in [0.15, 0.2) is 5.82 Å². The van der Waals surface area contributed by atoms with Crippen molar-refractivity contribution in [1.82, 2.24) is 25.0 Å². The molecule has 0 spiro atoms. The first-order valence-corrected chi connectivity index (χ1v) is 5.47. The van der Waals surface area contributed by atoms with E-state index in [1.54, 1.807) is 6.07 Å². The zero-order valence-electron chi connectivity index (χ0n) is 9.14. The third kappa shape index (κ3) is 1.37. The number of H-pyrrole nitrogens is 1. The normalized spacial score (nSPS) is 19.7. The first kappa shape index (κ1) is 9.38. The molecule has 1 atom stereocenters. The van der Waals surface area contributed by atoms with Crippen LogP contribution in [0.3, 0.4) is 0 Å². The summed E-state index contributed by atoms with van der Waals surface area (Å²) in [7, 11) is 0. The minimum atomic E-state index is 0.483. The van der Waals surface area contributed by atoms with Crippen LogP contribution in [0.2, 0.25) is 0 Å². The van der Waals surface area contributed by atoms with Gasteiger partial charge in [0, 0.05) is 19.0 Å². The van der Waals surface area contributed by atoms with Crippen molar-refractivity contribution in [3.05, 3.63) is 11.9 Å². The SMILES string of the molecule is CC1CCn2c(nnc2-c2cc(N)n[nH]2)C1. The second-order valence-electron chi connectivity index (χ2n) is 4.40. The smallest absolute Gasteiger partial charge is 0.182 e. The van der Waals surface area contributed by atoms with Crippen LogP contribution in [0.15, 0.2) is 6.07 Å². The van der Waals surface area contributed by atoms with Gasteiger partial charge in [0.05, 0.1) is 0 Å². The van der Waals surface area contributed by atoms with E-state index in [2.05, 4.69) is 31.9 Å². The number of hydrogen-bond acceptors (Lipinski definition) is 4. The minimum Gasteiger partial charge on any atom is -0.382 e. The van der Waals surface area contributed by atoms with E-state index in [1.807, 2.05) is 0 Å². The van der Waals surface area contributed by atoms with Crippen LogP contribution in [0.4, 0.5) is 5.82 Å². The van der Waals surface area contributed by atoms with Gasteiger partial charge in [-0.1, -0.05) is 6.92 Å². The number of aromatic nitrogens is 5. The van der Waals surface area contributed by atoms with Gasteiger partial charge in [-0.05, 0) is 12.3 Å². The zero-order chi connectivity index (χ0) is 11.1. The van der Waals surface area contributed by atoms with Gasteiger partial charge in [-0.25, -0.2) is 0 Å². The van der Waals surface area contributed by atoms with Gasteiger partial charge in [-0.3, -0.25) is 5.10 Å². The van der Waals surface area contributed by atoms with Gasteiger partial charge in [0.1, 0.15) is 17.3 Å². The number of nitrogens with two attached hydrogens (primary N) is 1. The van der Waals surface area contributed by atoms with Crippen LogP contribution in [0.5, 0.6) is 0 Å². The second-order valence-corrected chi connectivity index (χ2v) is 4.40. The van der Waals surface area contributed by atoms with Crippen molar-refractivity contribution in [2.75, 3.05) is 5.73 Å². The summed E-state index contributed by atoms with van der Waals surface area (Å²) >= 11 is 0. The van der Waals surface area contributed by atoms with E-state index in [0.29, 0.717) is 11.7 Å². The molecular formula is C10H14N6. The summed E-state index contributed by atoms with van der Waals surface area (Å²) in [6.07, 6.45) is 2.16. The molecule has 1 unspecified atom stereocenters. The van der Waals surface area contributed by atoms with Crippen LogP contribution in [0.25, 0.3) is 11.5 Å². The molecule has 16 heavy (non-hydrogen) atoms. The van der Waals surface area contributed by atoms with Gasteiger partial charge in [0.2, 0.25) is 0 Å². The Hall–Kier alpha value is -1.85. The molecule has 3 N–H and O–H groups in total. The van der Waals surface area contributed by atoms with Gasteiger partial charge >= 0.3 is 0 Å². The number of fused-ring (bicyclic) bond motifs is 1. The summed E-state index contributed by atoms with van der Waals surface area (Å²) in [5.74, 6) is 3.07. The topological polar surface area (TPSA) is 85.4 Å². The van der Waals surface area contributed by atoms with E-state index in [9.17, 15) is 0 Å². The maximum atomic E-state index is 5.58. The Morgan fingerprint density at radius 3 is 3.12 bits per heavy atom. The molecule has 1 aliphatic rings. The van der Waals surface area contributed by atoms with E-state index < -0.39 is 0 Å². The van der Waals surface area contributed by atoms with Crippen LogP contribution >= 0.6 is 0 Å². The zero-order valence-corrected chi connectivity index (χ0v) is 9.14. The predicted molar refractivity (Wildman–Crippen MR) is 59.5 cm³/mol. The maximum Gasteiger partial charge on any atom is 0.182 e. The largest absolute Gasteiger partial charge is 0.382 e. The van der Waals surface area contributed by atoms with Crippen molar-refractivity contribution in [2.45, 2.75) is 26.3 Å². The Balaban J connectivity index is 2.03. The third-order valence-electron chi connectivity index (χ3n) is 3.04. The Bertz CT molecular complexity index is 511. The highest BCUT2D eigenvalue weighted by Gasteiger charge is 2.21. The number of anilines is 1. The fourth-order valence-electron chi connectivity index (χ4n) is 2.14. The Morgan fingerprint density at radius 1 is 1.50 bits per heavy atom. The molecular weight excluding hydrogens is 204 g/mol. The number of hydrogen-bond donors (Lipinski definition) is 2. The summed E-state index contributed by atoms with van der Waals surface area (Å²) < 4.78 is 2.15. The molecule has 0 fully saturated rings. The van der Waals surface area contributed by atoms with Crippen molar-refractivity contribution in [3.8, 4) is 11.5 Å². The fraction of sp³-hybridized carbons (Fsp3) is 0.500. The van der Waals surface area contributed by atoms with Crippen molar-refractivity contribution >= 4 is 5.82 Å². The molecule has 1 aliphatic heterocycles. The Labute approximate surface area is 92.9 Å². The van der Waals surface area contributed by atoms with Crippen LogP contribution in [-0.4, -0.2) is 25.0 Å². The Kier molecular flexibility index (Phi) is 1.95. The summed E-state index contributed by atoms with van der Waals surface area (Å²) in [5, 5.41) is 15.2. The second kappa shape index (κ2) is 3.33. The number of rotatable bonds is 1. The van der Waals surface area contributed by atoms with Crippen LogP contribution < -0.4 is 5.73 Å². The molecule has 84 valence electrons. The van der Waals surface area contributed by atoms with Gasteiger partial charge < -0.3 is 10.3 Å². The van der Waals surface area contributed by atoms with E-state index in [1.165, 1.54) is 6.42 Å². The molecule has 3 heterocycles.